The van der Waals surface area contributed by atoms with Crippen molar-refractivity contribution >= 4 is 27.3 Å². The summed E-state index contributed by atoms with van der Waals surface area (Å²) in [6.45, 7) is 0. The van der Waals surface area contributed by atoms with Crippen LogP contribution in [-0.2, 0) is 9.84 Å². The summed E-state index contributed by atoms with van der Waals surface area (Å²) in [5.74, 6) is -3.44. The number of pyridine rings is 1. The van der Waals surface area contributed by atoms with E-state index in [1.807, 2.05) is 0 Å². The number of carbonyl (C=O) groups excluding carboxylic acids is 2. The lowest BCUT2D eigenvalue weighted by Crippen LogP contribution is -2.35. The van der Waals surface area contributed by atoms with Gasteiger partial charge in [-0.15, -0.1) is 0 Å². The number of rotatable bonds is 4. The standard InChI is InChI=1S/C17H15F2N3O4S/c18-13-2-1-3-14(19)15(13)22-17(24)11-6-10(7-20-8-11)16(23)21-12-4-5-27(25,26)9-12/h1-3,6-8,12H,4-5,9H2,(H,21,23)(H,22,24). The number of sulfone groups is 1. The number of benzene rings is 1. The fourth-order valence-electron chi connectivity index (χ4n) is 2.67. The number of carbonyl (C=O) groups is 2. The van der Waals surface area contributed by atoms with Gasteiger partial charge in [-0.05, 0) is 24.6 Å². The van der Waals surface area contributed by atoms with Crippen LogP contribution in [0.25, 0.3) is 0 Å². The lowest BCUT2D eigenvalue weighted by atomic mass is 10.1. The third kappa shape index (κ3) is 4.45. The molecule has 1 aliphatic heterocycles. The van der Waals surface area contributed by atoms with Crippen LogP contribution >= 0.6 is 0 Å². The predicted octanol–water partition coefficient (Wildman–Crippen LogP) is 1.53. The van der Waals surface area contributed by atoms with Gasteiger partial charge >= 0.3 is 0 Å². The summed E-state index contributed by atoms with van der Waals surface area (Å²) < 4.78 is 50.2. The molecule has 2 N–H and O–H groups in total. The molecule has 0 bridgehead atoms. The van der Waals surface area contributed by atoms with Gasteiger partial charge in [0.1, 0.15) is 17.3 Å². The molecule has 1 fully saturated rings. The second-order valence-electron chi connectivity index (χ2n) is 6.09. The number of amides is 2. The van der Waals surface area contributed by atoms with Crippen molar-refractivity contribution in [2.75, 3.05) is 16.8 Å². The van der Waals surface area contributed by atoms with E-state index in [9.17, 15) is 26.8 Å². The monoisotopic (exact) mass is 395 g/mol. The van der Waals surface area contributed by atoms with Gasteiger partial charge in [0.2, 0.25) is 0 Å². The molecule has 10 heteroatoms. The second-order valence-corrected chi connectivity index (χ2v) is 8.32. The van der Waals surface area contributed by atoms with Gasteiger partial charge in [-0.2, -0.15) is 0 Å². The maximum Gasteiger partial charge on any atom is 0.257 e. The molecule has 3 rings (SSSR count). The normalized spacial score (nSPS) is 18.1. The van der Waals surface area contributed by atoms with E-state index >= 15 is 0 Å². The highest BCUT2D eigenvalue weighted by Crippen LogP contribution is 2.19. The maximum absolute atomic E-state index is 13.6. The highest BCUT2D eigenvalue weighted by atomic mass is 32.2. The first-order valence-electron chi connectivity index (χ1n) is 7.97. The summed E-state index contributed by atoms with van der Waals surface area (Å²) in [5.41, 5.74) is -0.654. The zero-order valence-electron chi connectivity index (χ0n) is 13.9. The Kier molecular flexibility index (Phi) is 5.17. The topological polar surface area (TPSA) is 105 Å². The maximum atomic E-state index is 13.6. The fraction of sp³-hybridized carbons (Fsp3) is 0.235. The van der Waals surface area contributed by atoms with Gasteiger partial charge in [0.05, 0.1) is 22.6 Å². The largest absolute Gasteiger partial charge is 0.348 e. The molecule has 1 atom stereocenters. The van der Waals surface area contributed by atoms with Crippen molar-refractivity contribution in [3.63, 3.8) is 0 Å². The van der Waals surface area contributed by atoms with Crippen molar-refractivity contribution in [1.82, 2.24) is 10.3 Å². The molecule has 7 nitrogen and oxygen atoms in total. The lowest BCUT2D eigenvalue weighted by molar-refractivity contribution is 0.0940. The van der Waals surface area contributed by atoms with Crippen LogP contribution in [0, 0.1) is 11.6 Å². The van der Waals surface area contributed by atoms with E-state index in [4.69, 9.17) is 0 Å². The van der Waals surface area contributed by atoms with Gasteiger partial charge < -0.3 is 10.6 Å². The number of halogens is 2. The summed E-state index contributed by atoms with van der Waals surface area (Å²) >= 11 is 0. The number of nitrogens with zero attached hydrogens (tertiary/aromatic N) is 1. The van der Waals surface area contributed by atoms with E-state index in [0.29, 0.717) is 6.42 Å². The van der Waals surface area contributed by atoms with Gasteiger partial charge in [-0.3, -0.25) is 14.6 Å². The van der Waals surface area contributed by atoms with Crippen LogP contribution in [0.5, 0.6) is 0 Å². The summed E-state index contributed by atoms with van der Waals surface area (Å²) in [5, 5.41) is 4.68. The van der Waals surface area contributed by atoms with Crippen LogP contribution < -0.4 is 10.6 Å². The van der Waals surface area contributed by atoms with E-state index in [-0.39, 0.29) is 22.6 Å². The van der Waals surface area contributed by atoms with Crippen LogP contribution in [0.1, 0.15) is 27.1 Å². The molecule has 1 aromatic heterocycles. The number of hydrogen-bond acceptors (Lipinski definition) is 5. The Morgan fingerprint density at radius 2 is 1.70 bits per heavy atom. The summed E-state index contributed by atoms with van der Waals surface area (Å²) in [6.07, 6.45) is 2.67. The van der Waals surface area contributed by atoms with Gasteiger partial charge in [0, 0.05) is 18.4 Å². The number of aromatic nitrogens is 1. The lowest BCUT2D eigenvalue weighted by Gasteiger charge is -2.11. The Hall–Kier alpha value is -2.88. The van der Waals surface area contributed by atoms with E-state index in [2.05, 4.69) is 15.6 Å². The van der Waals surface area contributed by atoms with Crippen molar-refractivity contribution in [1.29, 1.82) is 0 Å². The molecule has 27 heavy (non-hydrogen) atoms. The molecule has 1 saturated heterocycles. The van der Waals surface area contributed by atoms with Crippen LogP contribution in [0.15, 0.2) is 36.7 Å². The van der Waals surface area contributed by atoms with Crippen molar-refractivity contribution < 1.29 is 26.8 Å². The molecule has 0 aliphatic carbocycles. The zero-order chi connectivity index (χ0) is 19.6. The van der Waals surface area contributed by atoms with E-state index in [1.54, 1.807) is 0 Å². The van der Waals surface area contributed by atoms with Crippen LogP contribution in [0.3, 0.4) is 0 Å². The predicted molar refractivity (Wildman–Crippen MR) is 93.1 cm³/mol. The number of nitrogens with one attached hydrogen (secondary N) is 2. The first kappa shape index (κ1) is 18.9. The van der Waals surface area contributed by atoms with Crippen molar-refractivity contribution in [2.24, 2.45) is 0 Å². The molecule has 2 heterocycles. The zero-order valence-corrected chi connectivity index (χ0v) is 14.7. The molecule has 1 aromatic carbocycles. The quantitative estimate of drug-likeness (QED) is 0.817. The average Bonchev–Trinajstić information content (AvgIpc) is 2.96. The van der Waals surface area contributed by atoms with Gasteiger partial charge in [0.25, 0.3) is 11.8 Å². The average molecular weight is 395 g/mol. The van der Waals surface area contributed by atoms with Gasteiger partial charge in [-0.25, -0.2) is 17.2 Å². The van der Waals surface area contributed by atoms with Gasteiger partial charge in [-0.1, -0.05) is 6.07 Å². The summed E-state index contributed by atoms with van der Waals surface area (Å²) in [7, 11) is -3.15. The number of para-hydroxylation sites is 1. The molecule has 0 spiro atoms. The Morgan fingerprint density at radius 3 is 2.30 bits per heavy atom. The van der Waals surface area contributed by atoms with E-state index in [0.717, 1.165) is 24.4 Å². The third-order valence-corrected chi connectivity index (χ3v) is 5.80. The SMILES string of the molecule is O=C(Nc1c(F)cccc1F)c1cncc(C(=O)NC2CCS(=O)(=O)C2)c1. The minimum absolute atomic E-state index is 0.00679. The highest BCUT2D eigenvalue weighted by molar-refractivity contribution is 7.91. The summed E-state index contributed by atoms with van der Waals surface area (Å²) in [6, 6.07) is 3.86. The summed E-state index contributed by atoms with van der Waals surface area (Å²) in [4.78, 5) is 28.3. The first-order valence-corrected chi connectivity index (χ1v) is 9.79. The first-order chi connectivity index (χ1) is 12.7. The Balaban J connectivity index is 1.73. The van der Waals surface area contributed by atoms with Crippen molar-refractivity contribution in [2.45, 2.75) is 12.5 Å². The molecular formula is C17H15F2N3O4S. The molecule has 2 amide bonds. The Labute approximate surface area is 153 Å². The van der Waals surface area contributed by atoms with E-state index < -0.39 is 45.0 Å². The Morgan fingerprint density at radius 1 is 1.07 bits per heavy atom. The molecule has 2 aromatic rings. The smallest absolute Gasteiger partial charge is 0.257 e. The molecule has 142 valence electrons. The van der Waals surface area contributed by atoms with E-state index in [1.165, 1.54) is 12.3 Å². The molecule has 1 unspecified atom stereocenters. The highest BCUT2D eigenvalue weighted by Gasteiger charge is 2.29. The molecule has 0 radical (unpaired) electrons. The van der Waals surface area contributed by atoms with Crippen LogP contribution in [0.4, 0.5) is 14.5 Å². The minimum atomic E-state index is -3.15. The minimum Gasteiger partial charge on any atom is -0.348 e. The molecule has 1 aliphatic rings. The second kappa shape index (κ2) is 7.39. The van der Waals surface area contributed by atoms with Crippen LogP contribution in [0.2, 0.25) is 0 Å². The molecular weight excluding hydrogens is 380 g/mol. The molecule has 0 saturated carbocycles. The number of anilines is 1. The third-order valence-electron chi connectivity index (χ3n) is 4.03. The van der Waals surface area contributed by atoms with Crippen molar-refractivity contribution in [3.05, 3.63) is 59.4 Å². The van der Waals surface area contributed by atoms with Crippen LogP contribution in [-0.4, -0.2) is 42.8 Å². The van der Waals surface area contributed by atoms with Gasteiger partial charge in [0.15, 0.2) is 9.84 Å². The Bertz CT molecular complexity index is 991. The number of hydrogen-bond donors (Lipinski definition) is 2. The fourth-order valence-corrected chi connectivity index (χ4v) is 4.34. The van der Waals surface area contributed by atoms with Crippen molar-refractivity contribution in [3.8, 4) is 0 Å².